The summed E-state index contributed by atoms with van der Waals surface area (Å²) in [6, 6.07) is 4.57. The molecule has 0 saturated heterocycles. The number of nitrogens with zero attached hydrogens (tertiary/aromatic N) is 2. The van der Waals surface area contributed by atoms with Gasteiger partial charge in [0.15, 0.2) is 5.82 Å². The fourth-order valence-corrected chi connectivity index (χ4v) is 1.67. The molecular formula is C11H6Cl3N3O. The van der Waals surface area contributed by atoms with E-state index in [1.807, 2.05) is 0 Å². The number of rotatable bonds is 2. The first-order valence-electron chi connectivity index (χ1n) is 4.80. The minimum Gasteiger partial charge on any atom is -0.305 e. The van der Waals surface area contributed by atoms with Gasteiger partial charge in [0.25, 0.3) is 5.91 Å². The lowest BCUT2D eigenvalue weighted by Crippen LogP contribution is -2.13. The van der Waals surface area contributed by atoms with Gasteiger partial charge in [0.05, 0.1) is 22.4 Å². The molecule has 1 N–H and O–H groups in total. The number of nitrogens with one attached hydrogen (secondary N) is 1. The maximum Gasteiger partial charge on any atom is 0.256 e. The Kier molecular flexibility index (Phi) is 4.01. The van der Waals surface area contributed by atoms with E-state index in [1.165, 1.54) is 18.5 Å². The molecule has 4 nitrogen and oxygen atoms in total. The van der Waals surface area contributed by atoms with Crippen molar-refractivity contribution < 1.29 is 4.79 Å². The molecule has 0 aliphatic carbocycles. The van der Waals surface area contributed by atoms with Crippen LogP contribution < -0.4 is 5.32 Å². The van der Waals surface area contributed by atoms with E-state index in [4.69, 9.17) is 34.8 Å². The van der Waals surface area contributed by atoms with E-state index in [0.717, 1.165) is 0 Å². The van der Waals surface area contributed by atoms with Crippen LogP contribution in [-0.2, 0) is 0 Å². The molecule has 0 aliphatic heterocycles. The van der Waals surface area contributed by atoms with Crippen LogP contribution in [0.25, 0.3) is 0 Å². The minimum atomic E-state index is -0.370. The van der Waals surface area contributed by atoms with Gasteiger partial charge in [-0.1, -0.05) is 34.8 Å². The van der Waals surface area contributed by atoms with Gasteiger partial charge in [-0.3, -0.25) is 9.78 Å². The van der Waals surface area contributed by atoms with Crippen molar-refractivity contribution in [2.45, 2.75) is 0 Å². The highest BCUT2D eigenvalue weighted by Gasteiger charge is 2.09. The largest absolute Gasteiger partial charge is 0.305 e. The van der Waals surface area contributed by atoms with Gasteiger partial charge in [0, 0.05) is 5.56 Å². The first-order valence-corrected chi connectivity index (χ1v) is 5.93. The summed E-state index contributed by atoms with van der Waals surface area (Å²) in [6.07, 6.45) is 2.76. The topological polar surface area (TPSA) is 54.9 Å². The molecule has 0 saturated carbocycles. The van der Waals surface area contributed by atoms with Crippen molar-refractivity contribution in [1.29, 1.82) is 0 Å². The van der Waals surface area contributed by atoms with Gasteiger partial charge in [-0.2, -0.15) is 0 Å². The molecule has 0 radical (unpaired) electrons. The summed E-state index contributed by atoms with van der Waals surface area (Å²) in [5.74, 6) is -0.108. The van der Waals surface area contributed by atoms with E-state index in [2.05, 4.69) is 15.3 Å². The van der Waals surface area contributed by atoms with Crippen molar-refractivity contribution in [3.8, 4) is 0 Å². The number of anilines is 1. The molecule has 1 aromatic heterocycles. The summed E-state index contributed by atoms with van der Waals surface area (Å²) in [5.41, 5.74) is 0.367. The van der Waals surface area contributed by atoms with Crippen LogP contribution in [0.2, 0.25) is 15.2 Å². The van der Waals surface area contributed by atoms with Gasteiger partial charge in [0.2, 0.25) is 0 Å². The van der Waals surface area contributed by atoms with Crippen molar-refractivity contribution in [2.24, 2.45) is 0 Å². The third kappa shape index (κ3) is 3.10. The normalized spacial score (nSPS) is 10.2. The zero-order chi connectivity index (χ0) is 13.1. The van der Waals surface area contributed by atoms with Crippen molar-refractivity contribution in [3.63, 3.8) is 0 Å². The van der Waals surface area contributed by atoms with Crippen LogP contribution in [0.15, 0.2) is 30.6 Å². The molecule has 0 bridgehead atoms. The number of hydrogen-bond acceptors (Lipinski definition) is 3. The number of carbonyl (C=O) groups excluding carboxylic acids is 1. The van der Waals surface area contributed by atoms with E-state index in [1.54, 1.807) is 12.1 Å². The molecule has 1 aromatic carbocycles. The molecular weight excluding hydrogens is 296 g/mol. The van der Waals surface area contributed by atoms with E-state index < -0.39 is 0 Å². The van der Waals surface area contributed by atoms with E-state index in [0.29, 0.717) is 15.6 Å². The van der Waals surface area contributed by atoms with Crippen LogP contribution in [0, 0.1) is 0 Å². The number of amides is 1. The first kappa shape index (κ1) is 13.1. The Morgan fingerprint density at radius 3 is 2.56 bits per heavy atom. The molecule has 2 aromatic rings. The fourth-order valence-electron chi connectivity index (χ4n) is 1.23. The third-order valence-electron chi connectivity index (χ3n) is 2.03. The highest BCUT2D eigenvalue weighted by Crippen LogP contribution is 2.23. The molecule has 7 heteroatoms. The minimum absolute atomic E-state index is 0.196. The fraction of sp³-hybridized carbons (Fsp3) is 0. The van der Waals surface area contributed by atoms with Crippen LogP contribution in [0.3, 0.4) is 0 Å². The van der Waals surface area contributed by atoms with Crippen molar-refractivity contribution in [1.82, 2.24) is 9.97 Å². The number of carbonyl (C=O) groups is 1. The zero-order valence-electron chi connectivity index (χ0n) is 8.82. The SMILES string of the molecule is O=C(Nc1cncc(Cl)n1)c1ccc(Cl)c(Cl)c1. The maximum atomic E-state index is 11.9. The zero-order valence-corrected chi connectivity index (χ0v) is 11.1. The van der Waals surface area contributed by atoms with Gasteiger partial charge in [0.1, 0.15) is 5.15 Å². The molecule has 18 heavy (non-hydrogen) atoms. The quantitative estimate of drug-likeness (QED) is 0.920. The molecule has 0 atom stereocenters. The van der Waals surface area contributed by atoms with Crippen LogP contribution in [0.1, 0.15) is 10.4 Å². The van der Waals surface area contributed by atoms with E-state index >= 15 is 0 Å². The van der Waals surface area contributed by atoms with E-state index in [-0.39, 0.29) is 16.9 Å². The van der Waals surface area contributed by atoms with Gasteiger partial charge in [-0.25, -0.2) is 4.98 Å². The number of aromatic nitrogens is 2. The number of benzene rings is 1. The summed E-state index contributed by atoms with van der Waals surface area (Å²) in [5, 5.41) is 3.44. The molecule has 2 rings (SSSR count). The summed E-state index contributed by atoms with van der Waals surface area (Å²) in [7, 11) is 0. The summed E-state index contributed by atoms with van der Waals surface area (Å²) in [6.45, 7) is 0. The number of halogens is 3. The average molecular weight is 303 g/mol. The summed E-state index contributed by atoms with van der Waals surface area (Å²) in [4.78, 5) is 19.6. The van der Waals surface area contributed by atoms with Gasteiger partial charge < -0.3 is 5.32 Å². The second-order valence-corrected chi connectivity index (χ2v) is 4.51. The van der Waals surface area contributed by atoms with Crippen LogP contribution in [-0.4, -0.2) is 15.9 Å². The Hall–Kier alpha value is -1.36. The Bertz CT molecular complexity index is 604. The van der Waals surface area contributed by atoms with Crippen LogP contribution in [0.5, 0.6) is 0 Å². The van der Waals surface area contributed by atoms with Crippen molar-refractivity contribution in [2.75, 3.05) is 5.32 Å². The average Bonchev–Trinajstić information content (AvgIpc) is 2.32. The molecule has 0 unspecified atom stereocenters. The predicted octanol–water partition coefficient (Wildman–Crippen LogP) is 3.69. The highest BCUT2D eigenvalue weighted by atomic mass is 35.5. The molecule has 0 spiro atoms. The van der Waals surface area contributed by atoms with Gasteiger partial charge in [-0.05, 0) is 18.2 Å². The van der Waals surface area contributed by atoms with Crippen molar-refractivity contribution >= 4 is 46.5 Å². The predicted molar refractivity (Wildman–Crippen MR) is 71.5 cm³/mol. The Labute approximate surface area is 118 Å². The van der Waals surface area contributed by atoms with E-state index in [9.17, 15) is 4.79 Å². The highest BCUT2D eigenvalue weighted by molar-refractivity contribution is 6.42. The second kappa shape index (κ2) is 5.52. The summed E-state index contributed by atoms with van der Waals surface area (Å²) < 4.78 is 0. The molecule has 92 valence electrons. The lowest BCUT2D eigenvalue weighted by atomic mass is 10.2. The molecule has 1 heterocycles. The van der Waals surface area contributed by atoms with Crippen LogP contribution >= 0.6 is 34.8 Å². The smallest absolute Gasteiger partial charge is 0.256 e. The maximum absolute atomic E-state index is 11.9. The Morgan fingerprint density at radius 2 is 1.89 bits per heavy atom. The standard InChI is InChI=1S/C11H6Cl3N3O/c12-7-2-1-6(3-8(7)13)11(18)17-10-5-15-4-9(14)16-10/h1-5H,(H,16,17,18). The van der Waals surface area contributed by atoms with Crippen LogP contribution in [0.4, 0.5) is 5.82 Å². The first-order chi connectivity index (χ1) is 8.56. The number of hydrogen-bond donors (Lipinski definition) is 1. The van der Waals surface area contributed by atoms with Gasteiger partial charge >= 0.3 is 0 Å². The molecule has 0 aliphatic rings. The Morgan fingerprint density at radius 1 is 1.11 bits per heavy atom. The lowest BCUT2D eigenvalue weighted by molar-refractivity contribution is 0.102. The van der Waals surface area contributed by atoms with Crippen molar-refractivity contribution in [3.05, 3.63) is 51.4 Å². The Balaban J connectivity index is 2.19. The molecule has 1 amide bonds. The molecule has 0 fully saturated rings. The second-order valence-electron chi connectivity index (χ2n) is 3.31. The van der Waals surface area contributed by atoms with Gasteiger partial charge in [-0.15, -0.1) is 0 Å². The lowest BCUT2D eigenvalue weighted by Gasteiger charge is -2.05. The monoisotopic (exact) mass is 301 g/mol. The summed E-state index contributed by atoms with van der Waals surface area (Å²) >= 11 is 17.2. The third-order valence-corrected chi connectivity index (χ3v) is 2.95.